The maximum atomic E-state index is 13.0. The van der Waals surface area contributed by atoms with E-state index in [2.05, 4.69) is 23.5 Å². The van der Waals surface area contributed by atoms with Gasteiger partial charge in [0.15, 0.2) is 5.75 Å². The van der Waals surface area contributed by atoms with E-state index < -0.39 is 10.0 Å². The average Bonchev–Trinajstić information content (AvgIpc) is 2.74. The molecule has 2 aromatic carbocycles. The van der Waals surface area contributed by atoms with Crippen molar-refractivity contribution in [1.82, 2.24) is 0 Å². The Morgan fingerprint density at radius 2 is 1.90 bits per heavy atom. The molecule has 0 unspecified atom stereocenters. The molecule has 0 radical (unpaired) electrons. The highest BCUT2D eigenvalue weighted by molar-refractivity contribution is 7.92. The van der Waals surface area contributed by atoms with Crippen molar-refractivity contribution < 1.29 is 17.6 Å². The fraction of sp³-hybridized carbons (Fsp3) is 0.261. The summed E-state index contributed by atoms with van der Waals surface area (Å²) in [6, 6.07) is 11.9. The zero-order valence-electron chi connectivity index (χ0n) is 17.4. The van der Waals surface area contributed by atoms with E-state index in [9.17, 15) is 13.2 Å². The Bertz CT molecular complexity index is 1200. The number of anilines is 2. The summed E-state index contributed by atoms with van der Waals surface area (Å²) in [5.41, 5.74) is 0.538. The topological polar surface area (TPSA) is 97.6 Å². The molecule has 0 aliphatic heterocycles. The standard InChI is InChI=1S/C23H26N2O5S/c1-3-5-9-12-24-20-16-29-21-15-19(25-31(27,28)13-4-2)22(14-18(21)23(20)26)30-17-10-7-6-8-11-17/h4,6-8,10-11,14-16,24-25H,2-3,5,9,12-13H2,1H3. The highest BCUT2D eigenvalue weighted by atomic mass is 32.2. The fourth-order valence-electron chi connectivity index (χ4n) is 3.02. The Balaban J connectivity index is 2.03. The molecule has 0 bridgehead atoms. The third-order valence-corrected chi connectivity index (χ3v) is 5.75. The normalized spacial score (nSPS) is 11.3. The summed E-state index contributed by atoms with van der Waals surface area (Å²) in [5, 5.41) is 3.40. The number of rotatable bonds is 11. The maximum Gasteiger partial charge on any atom is 0.236 e. The molecule has 0 atom stereocenters. The molecule has 0 amide bonds. The number of sulfonamides is 1. The molecule has 164 valence electrons. The van der Waals surface area contributed by atoms with E-state index in [4.69, 9.17) is 9.15 Å². The average molecular weight is 443 g/mol. The molecule has 0 fully saturated rings. The van der Waals surface area contributed by atoms with Gasteiger partial charge in [0, 0.05) is 12.6 Å². The van der Waals surface area contributed by atoms with Crippen molar-refractivity contribution in [2.45, 2.75) is 26.2 Å². The van der Waals surface area contributed by atoms with E-state index in [1.807, 2.05) is 6.07 Å². The van der Waals surface area contributed by atoms with Crippen LogP contribution < -0.4 is 20.2 Å². The van der Waals surface area contributed by atoms with Crippen LogP contribution in [0.25, 0.3) is 11.0 Å². The summed E-state index contributed by atoms with van der Waals surface area (Å²) in [6.45, 7) is 6.24. The minimum atomic E-state index is -3.68. The Labute approximate surface area is 181 Å². The van der Waals surface area contributed by atoms with Gasteiger partial charge in [-0.25, -0.2) is 8.42 Å². The second-order valence-electron chi connectivity index (χ2n) is 7.04. The van der Waals surface area contributed by atoms with Crippen molar-refractivity contribution in [2.24, 2.45) is 0 Å². The van der Waals surface area contributed by atoms with Gasteiger partial charge in [0.1, 0.15) is 23.3 Å². The van der Waals surface area contributed by atoms with E-state index in [1.54, 1.807) is 24.3 Å². The van der Waals surface area contributed by atoms with Crippen LogP contribution in [-0.4, -0.2) is 20.7 Å². The Hall–Kier alpha value is -3.26. The summed E-state index contributed by atoms with van der Waals surface area (Å²) >= 11 is 0. The molecule has 0 saturated heterocycles. The van der Waals surface area contributed by atoms with E-state index in [1.165, 1.54) is 24.5 Å². The molecular formula is C23H26N2O5S. The van der Waals surface area contributed by atoms with Gasteiger partial charge in [-0.3, -0.25) is 9.52 Å². The first-order chi connectivity index (χ1) is 14.9. The molecule has 8 heteroatoms. The Morgan fingerprint density at radius 1 is 1.13 bits per heavy atom. The number of hydrogen-bond donors (Lipinski definition) is 2. The predicted molar refractivity (Wildman–Crippen MR) is 125 cm³/mol. The summed E-state index contributed by atoms with van der Waals surface area (Å²) in [5.74, 6) is 0.437. The first kappa shape index (κ1) is 22.4. The minimum Gasteiger partial charge on any atom is -0.462 e. The van der Waals surface area contributed by atoms with Gasteiger partial charge < -0.3 is 14.5 Å². The molecule has 3 rings (SSSR count). The van der Waals surface area contributed by atoms with E-state index in [0.717, 1.165) is 19.3 Å². The summed E-state index contributed by atoms with van der Waals surface area (Å²) in [7, 11) is -3.68. The van der Waals surface area contributed by atoms with Crippen molar-refractivity contribution in [1.29, 1.82) is 0 Å². The number of para-hydroxylation sites is 1. The fourth-order valence-corrected chi connectivity index (χ4v) is 3.91. The lowest BCUT2D eigenvalue weighted by molar-refractivity contribution is 0.485. The minimum absolute atomic E-state index is 0.171. The van der Waals surface area contributed by atoms with Gasteiger partial charge in [-0.1, -0.05) is 44.0 Å². The lowest BCUT2D eigenvalue weighted by Gasteiger charge is -2.14. The van der Waals surface area contributed by atoms with Crippen LogP contribution in [0, 0.1) is 0 Å². The predicted octanol–water partition coefficient (Wildman–Crippen LogP) is 5.12. The van der Waals surface area contributed by atoms with Crippen LogP contribution in [0.3, 0.4) is 0 Å². The van der Waals surface area contributed by atoms with Crippen LogP contribution in [0.15, 0.2) is 70.6 Å². The molecule has 7 nitrogen and oxygen atoms in total. The number of hydrogen-bond acceptors (Lipinski definition) is 6. The summed E-state index contributed by atoms with van der Waals surface area (Å²) < 4.78 is 38.6. The molecular weight excluding hydrogens is 416 g/mol. The molecule has 0 aliphatic rings. The molecule has 0 aliphatic carbocycles. The third-order valence-electron chi connectivity index (χ3n) is 4.54. The molecule has 1 heterocycles. The van der Waals surface area contributed by atoms with E-state index in [0.29, 0.717) is 18.0 Å². The SMILES string of the molecule is C=CCS(=O)(=O)Nc1cc2occ(NCCCCC)c(=O)c2cc1Oc1ccccc1. The van der Waals surface area contributed by atoms with Crippen LogP contribution >= 0.6 is 0 Å². The van der Waals surface area contributed by atoms with E-state index >= 15 is 0 Å². The molecule has 1 aromatic heterocycles. The maximum absolute atomic E-state index is 13.0. The number of ether oxygens (including phenoxy) is 1. The lowest BCUT2D eigenvalue weighted by Crippen LogP contribution is -2.16. The van der Waals surface area contributed by atoms with Crippen molar-refractivity contribution in [3.63, 3.8) is 0 Å². The van der Waals surface area contributed by atoms with Gasteiger partial charge in [-0.15, -0.1) is 6.58 Å². The second-order valence-corrected chi connectivity index (χ2v) is 8.81. The van der Waals surface area contributed by atoms with Crippen LogP contribution in [0.2, 0.25) is 0 Å². The van der Waals surface area contributed by atoms with Crippen LogP contribution in [0.1, 0.15) is 26.2 Å². The summed E-state index contributed by atoms with van der Waals surface area (Å²) in [6.07, 6.45) is 5.74. The quantitative estimate of drug-likeness (QED) is 0.316. The third kappa shape index (κ3) is 5.88. The monoisotopic (exact) mass is 442 g/mol. The van der Waals surface area contributed by atoms with E-state index in [-0.39, 0.29) is 33.6 Å². The molecule has 3 aromatic rings. The highest BCUT2D eigenvalue weighted by Crippen LogP contribution is 2.34. The second kappa shape index (κ2) is 10.2. The van der Waals surface area contributed by atoms with Crippen molar-refractivity contribution >= 4 is 32.4 Å². The number of fused-ring (bicyclic) bond motifs is 1. The molecule has 31 heavy (non-hydrogen) atoms. The van der Waals surface area contributed by atoms with Gasteiger partial charge in [0.25, 0.3) is 0 Å². The van der Waals surface area contributed by atoms with Crippen molar-refractivity contribution in [3.8, 4) is 11.5 Å². The highest BCUT2D eigenvalue weighted by Gasteiger charge is 2.17. The first-order valence-electron chi connectivity index (χ1n) is 10.1. The molecule has 0 spiro atoms. The van der Waals surface area contributed by atoms with Crippen molar-refractivity contribution in [3.05, 3.63) is 71.6 Å². The summed E-state index contributed by atoms with van der Waals surface area (Å²) in [4.78, 5) is 13.0. The number of benzene rings is 2. The molecule has 2 N–H and O–H groups in total. The zero-order valence-corrected chi connectivity index (χ0v) is 18.2. The Kier molecular flexibility index (Phi) is 7.36. The van der Waals surface area contributed by atoms with Gasteiger partial charge in [0.2, 0.25) is 15.5 Å². The van der Waals surface area contributed by atoms with Gasteiger partial charge in [-0.05, 0) is 24.6 Å². The largest absolute Gasteiger partial charge is 0.462 e. The number of unbranched alkanes of at least 4 members (excludes halogenated alkanes) is 2. The molecule has 0 saturated carbocycles. The Morgan fingerprint density at radius 3 is 2.61 bits per heavy atom. The van der Waals surface area contributed by atoms with Crippen molar-refractivity contribution in [2.75, 3.05) is 22.3 Å². The van der Waals surface area contributed by atoms with Gasteiger partial charge in [-0.2, -0.15) is 0 Å². The number of nitrogens with one attached hydrogen (secondary N) is 2. The van der Waals surface area contributed by atoms with Gasteiger partial charge in [0.05, 0.1) is 16.8 Å². The zero-order chi connectivity index (χ0) is 22.3. The first-order valence-corrected chi connectivity index (χ1v) is 11.8. The van der Waals surface area contributed by atoms with Crippen LogP contribution in [0.5, 0.6) is 11.5 Å². The van der Waals surface area contributed by atoms with Gasteiger partial charge >= 0.3 is 0 Å². The smallest absolute Gasteiger partial charge is 0.236 e. The lowest BCUT2D eigenvalue weighted by atomic mass is 10.2. The van der Waals surface area contributed by atoms with Crippen LogP contribution in [-0.2, 0) is 10.0 Å². The van der Waals surface area contributed by atoms with Crippen LogP contribution in [0.4, 0.5) is 11.4 Å².